The van der Waals surface area contributed by atoms with Crippen LogP contribution < -0.4 is 15.1 Å². The van der Waals surface area contributed by atoms with E-state index >= 15 is 0 Å². The van der Waals surface area contributed by atoms with E-state index in [2.05, 4.69) is 27.2 Å². The predicted octanol–water partition coefficient (Wildman–Crippen LogP) is 5.02. The zero-order valence-electron chi connectivity index (χ0n) is 18.7. The fraction of sp³-hybridized carbons (Fsp3) is 0.500. The van der Waals surface area contributed by atoms with Gasteiger partial charge in [-0.1, -0.05) is 37.5 Å². The molecular weight excluding hydrogens is 427 g/mol. The molecule has 2 aliphatic heterocycles. The number of fused-ring (bicyclic) bond motifs is 3. The van der Waals surface area contributed by atoms with Gasteiger partial charge >= 0.3 is 6.18 Å². The molecule has 2 heterocycles. The Kier molecular flexibility index (Phi) is 5.97. The molecule has 3 aliphatic rings. The Morgan fingerprint density at radius 2 is 1.73 bits per heavy atom. The molecule has 0 spiro atoms. The van der Waals surface area contributed by atoms with Gasteiger partial charge in [-0.05, 0) is 55.2 Å². The number of halogens is 3. The van der Waals surface area contributed by atoms with E-state index in [-0.39, 0.29) is 23.9 Å². The van der Waals surface area contributed by atoms with Crippen LogP contribution >= 0.6 is 0 Å². The molecule has 0 unspecified atom stereocenters. The van der Waals surface area contributed by atoms with Gasteiger partial charge in [0.05, 0.1) is 17.5 Å². The van der Waals surface area contributed by atoms with Crippen LogP contribution in [0.1, 0.15) is 43.2 Å². The highest BCUT2D eigenvalue weighted by atomic mass is 19.4. The maximum atomic E-state index is 13.5. The SMILES string of the molecule is O=C(NC1CCCCC1)[C@@H]1Cc2cc(C(F)(F)F)ccc2N2CCN(c3ccccc3)C[C@H]12. The predicted molar refractivity (Wildman–Crippen MR) is 123 cm³/mol. The smallest absolute Gasteiger partial charge is 0.368 e. The van der Waals surface area contributed by atoms with Crippen LogP contribution in [-0.2, 0) is 17.4 Å². The minimum atomic E-state index is -4.39. The lowest BCUT2D eigenvalue weighted by Gasteiger charge is -2.50. The highest BCUT2D eigenvalue weighted by Crippen LogP contribution is 2.40. The molecule has 2 atom stereocenters. The quantitative estimate of drug-likeness (QED) is 0.703. The van der Waals surface area contributed by atoms with Crippen molar-refractivity contribution in [2.75, 3.05) is 29.4 Å². The highest BCUT2D eigenvalue weighted by molar-refractivity contribution is 5.82. The summed E-state index contributed by atoms with van der Waals surface area (Å²) in [6, 6.07) is 14.2. The largest absolute Gasteiger partial charge is 0.416 e. The number of nitrogens with one attached hydrogen (secondary N) is 1. The summed E-state index contributed by atoms with van der Waals surface area (Å²) in [5.41, 5.74) is 1.93. The third kappa shape index (κ3) is 4.55. The summed E-state index contributed by atoms with van der Waals surface area (Å²) in [6.45, 7) is 2.11. The second-order valence-electron chi connectivity index (χ2n) is 9.54. The summed E-state index contributed by atoms with van der Waals surface area (Å²) in [4.78, 5) is 17.9. The van der Waals surface area contributed by atoms with Gasteiger partial charge in [-0.25, -0.2) is 0 Å². The van der Waals surface area contributed by atoms with E-state index in [1.807, 2.05) is 18.2 Å². The summed E-state index contributed by atoms with van der Waals surface area (Å²) in [7, 11) is 0. The summed E-state index contributed by atoms with van der Waals surface area (Å²) in [5, 5.41) is 3.25. The first kappa shape index (κ1) is 22.1. The minimum absolute atomic E-state index is 0.0186. The van der Waals surface area contributed by atoms with Crippen LogP contribution in [0.3, 0.4) is 0 Å². The Morgan fingerprint density at radius 1 is 0.970 bits per heavy atom. The summed E-state index contributed by atoms with van der Waals surface area (Å²) < 4.78 is 40.2. The number of amides is 1. The maximum absolute atomic E-state index is 13.5. The number of hydrogen-bond acceptors (Lipinski definition) is 3. The molecule has 2 fully saturated rings. The minimum Gasteiger partial charge on any atom is -0.368 e. The standard InChI is InChI=1S/C26H30F3N3O/c27-26(28,29)19-11-12-23-18(15-19)16-22(25(33)30-20-7-3-1-4-8-20)24-17-31(13-14-32(23)24)21-9-5-2-6-10-21/h2,5-6,9-12,15,20,22,24H,1,3-4,7-8,13-14,16-17H2,(H,30,33)/t22-,24-/m1/s1. The summed E-state index contributed by atoms with van der Waals surface area (Å²) >= 11 is 0. The number of carbonyl (C=O) groups excluding carboxylic acids is 1. The number of rotatable bonds is 3. The number of nitrogens with zero attached hydrogens (tertiary/aromatic N) is 2. The second-order valence-corrected chi connectivity index (χ2v) is 9.54. The van der Waals surface area contributed by atoms with Gasteiger partial charge in [0.1, 0.15) is 0 Å². The molecule has 0 aromatic heterocycles. The molecule has 2 aromatic carbocycles. The van der Waals surface area contributed by atoms with Crippen molar-refractivity contribution in [2.24, 2.45) is 5.92 Å². The van der Waals surface area contributed by atoms with E-state index in [1.54, 1.807) is 6.07 Å². The van der Waals surface area contributed by atoms with Crippen molar-refractivity contribution in [3.8, 4) is 0 Å². The van der Waals surface area contributed by atoms with Crippen LogP contribution in [0.4, 0.5) is 24.5 Å². The van der Waals surface area contributed by atoms with Crippen molar-refractivity contribution in [1.82, 2.24) is 5.32 Å². The zero-order chi connectivity index (χ0) is 23.0. The number of anilines is 2. The van der Waals surface area contributed by atoms with Gasteiger partial charge in [-0.3, -0.25) is 4.79 Å². The Hall–Kier alpha value is -2.70. The van der Waals surface area contributed by atoms with Gasteiger partial charge in [-0.15, -0.1) is 0 Å². The van der Waals surface area contributed by atoms with Crippen molar-refractivity contribution >= 4 is 17.3 Å². The third-order valence-corrected chi connectivity index (χ3v) is 7.45. The number of hydrogen-bond donors (Lipinski definition) is 1. The molecule has 0 radical (unpaired) electrons. The van der Waals surface area contributed by atoms with Crippen LogP contribution in [0.15, 0.2) is 48.5 Å². The zero-order valence-corrected chi connectivity index (χ0v) is 18.7. The van der Waals surface area contributed by atoms with Gasteiger partial charge in [0, 0.05) is 37.1 Å². The first-order valence-corrected chi connectivity index (χ1v) is 12.0. The van der Waals surface area contributed by atoms with E-state index in [4.69, 9.17) is 0 Å². The van der Waals surface area contributed by atoms with Crippen LogP contribution in [-0.4, -0.2) is 37.6 Å². The Labute approximate surface area is 192 Å². The molecule has 1 amide bonds. The third-order valence-electron chi connectivity index (χ3n) is 7.45. The number of para-hydroxylation sites is 1. The molecule has 1 N–H and O–H groups in total. The molecule has 1 aliphatic carbocycles. The molecule has 176 valence electrons. The van der Waals surface area contributed by atoms with E-state index in [1.165, 1.54) is 18.6 Å². The van der Waals surface area contributed by atoms with Crippen molar-refractivity contribution in [1.29, 1.82) is 0 Å². The number of alkyl halides is 3. The average Bonchev–Trinajstić information content (AvgIpc) is 2.83. The van der Waals surface area contributed by atoms with Gasteiger partial charge < -0.3 is 15.1 Å². The van der Waals surface area contributed by atoms with Crippen molar-refractivity contribution in [3.05, 3.63) is 59.7 Å². The van der Waals surface area contributed by atoms with Gasteiger partial charge in [0.15, 0.2) is 0 Å². The highest BCUT2D eigenvalue weighted by Gasteiger charge is 2.43. The van der Waals surface area contributed by atoms with Crippen LogP contribution in [0.2, 0.25) is 0 Å². The maximum Gasteiger partial charge on any atom is 0.416 e. The molecule has 4 nitrogen and oxygen atoms in total. The molecule has 7 heteroatoms. The molecular formula is C26H30F3N3O. The lowest BCUT2D eigenvalue weighted by Crippen LogP contribution is -2.61. The first-order chi connectivity index (χ1) is 15.9. The summed E-state index contributed by atoms with van der Waals surface area (Å²) in [5.74, 6) is -0.399. The van der Waals surface area contributed by atoms with Crippen molar-refractivity contribution in [3.63, 3.8) is 0 Å². The lowest BCUT2D eigenvalue weighted by atomic mass is 9.82. The Bertz CT molecular complexity index is 988. The second kappa shape index (κ2) is 8.92. The fourth-order valence-corrected chi connectivity index (χ4v) is 5.73. The topological polar surface area (TPSA) is 35.6 Å². The van der Waals surface area contributed by atoms with E-state index < -0.39 is 11.7 Å². The fourth-order valence-electron chi connectivity index (χ4n) is 5.73. The number of carbonyl (C=O) groups is 1. The normalized spacial score (nSPS) is 23.6. The number of piperazine rings is 1. The summed E-state index contributed by atoms with van der Waals surface area (Å²) in [6.07, 6.45) is 1.34. The Balaban J connectivity index is 1.45. The van der Waals surface area contributed by atoms with Crippen LogP contribution in [0, 0.1) is 5.92 Å². The monoisotopic (exact) mass is 457 g/mol. The van der Waals surface area contributed by atoms with Crippen molar-refractivity contribution < 1.29 is 18.0 Å². The van der Waals surface area contributed by atoms with Crippen LogP contribution in [0.25, 0.3) is 0 Å². The molecule has 0 bridgehead atoms. The molecule has 5 rings (SSSR count). The molecule has 33 heavy (non-hydrogen) atoms. The molecule has 1 saturated carbocycles. The van der Waals surface area contributed by atoms with Gasteiger partial charge in [-0.2, -0.15) is 13.2 Å². The van der Waals surface area contributed by atoms with Gasteiger partial charge in [0.25, 0.3) is 0 Å². The van der Waals surface area contributed by atoms with Gasteiger partial charge in [0.2, 0.25) is 5.91 Å². The van der Waals surface area contributed by atoms with Crippen LogP contribution in [0.5, 0.6) is 0 Å². The van der Waals surface area contributed by atoms with E-state index in [0.717, 1.165) is 43.6 Å². The lowest BCUT2D eigenvalue weighted by molar-refractivity contribution is -0.137. The molecule has 2 aromatic rings. The average molecular weight is 458 g/mol. The van der Waals surface area contributed by atoms with E-state index in [0.29, 0.717) is 25.1 Å². The number of benzene rings is 2. The van der Waals surface area contributed by atoms with Crippen molar-refractivity contribution in [2.45, 2.75) is 56.8 Å². The van der Waals surface area contributed by atoms with E-state index in [9.17, 15) is 18.0 Å². The molecule has 1 saturated heterocycles. The Morgan fingerprint density at radius 3 is 2.45 bits per heavy atom. The first-order valence-electron chi connectivity index (χ1n) is 12.0.